The molecule has 2 heterocycles. The van der Waals surface area contributed by atoms with Gasteiger partial charge in [-0.05, 0) is 17.7 Å². The van der Waals surface area contributed by atoms with Gasteiger partial charge in [-0.15, -0.1) is 0 Å². The first kappa shape index (κ1) is 15.2. The van der Waals surface area contributed by atoms with E-state index in [1.54, 1.807) is 14.2 Å². The van der Waals surface area contributed by atoms with Crippen LogP contribution in [0.5, 0.6) is 0 Å². The highest BCUT2D eigenvalue weighted by molar-refractivity contribution is 5.43. The second kappa shape index (κ2) is 7.02. The molecule has 2 atom stereocenters. The third kappa shape index (κ3) is 3.69. The molecule has 1 N–H and O–H groups in total. The second-order valence-electron chi connectivity index (χ2n) is 5.51. The van der Waals surface area contributed by atoms with Gasteiger partial charge >= 0.3 is 0 Å². The van der Waals surface area contributed by atoms with E-state index in [0.717, 1.165) is 25.5 Å². The van der Waals surface area contributed by atoms with Crippen LogP contribution in [0.4, 0.5) is 5.82 Å². The summed E-state index contributed by atoms with van der Waals surface area (Å²) in [6.07, 6.45) is 2.09. The first-order valence-corrected chi connectivity index (χ1v) is 7.13. The van der Waals surface area contributed by atoms with Gasteiger partial charge in [-0.1, -0.05) is 13.8 Å². The molecule has 2 rings (SSSR count). The molecule has 0 aliphatic carbocycles. The van der Waals surface area contributed by atoms with E-state index in [2.05, 4.69) is 41.2 Å². The Labute approximate surface area is 121 Å². The van der Waals surface area contributed by atoms with E-state index in [4.69, 9.17) is 9.47 Å². The summed E-state index contributed by atoms with van der Waals surface area (Å²) in [5, 5.41) is 3.42. The summed E-state index contributed by atoms with van der Waals surface area (Å²) < 4.78 is 10.9. The number of nitrogens with zero attached hydrogens (tertiary/aromatic N) is 2. The molecule has 20 heavy (non-hydrogen) atoms. The Bertz CT molecular complexity index is 413. The Morgan fingerprint density at radius 3 is 2.50 bits per heavy atom. The Morgan fingerprint density at radius 1 is 1.30 bits per heavy atom. The van der Waals surface area contributed by atoms with Crippen LogP contribution >= 0.6 is 0 Å². The van der Waals surface area contributed by atoms with Crippen LogP contribution in [0.1, 0.15) is 19.4 Å². The molecule has 5 heteroatoms. The van der Waals surface area contributed by atoms with E-state index < -0.39 is 0 Å². The molecule has 0 aromatic carbocycles. The number of anilines is 1. The van der Waals surface area contributed by atoms with E-state index in [-0.39, 0.29) is 12.2 Å². The van der Waals surface area contributed by atoms with Crippen LogP contribution in [0, 0.1) is 0 Å². The number of methoxy groups -OCH3 is 2. The van der Waals surface area contributed by atoms with E-state index in [1.807, 2.05) is 6.20 Å². The van der Waals surface area contributed by atoms with Gasteiger partial charge in [-0.3, -0.25) is 0 Å². The van der Waals surface area contributed by atoms with Crippen molar-refractivity contribution in [3.8, 4) is 0 Å². The molecule has 1 aliphatic heterocycles. The Kier molecular flexibility index (Phi) is 5.34. The summed E-state index contributed by atoms with van der Waals surface area (Å²) in [6, 6.07) is 4.67. The number of rotatable bonds is 6. The van der Waals surface area contributed by atoms with Crippen molar-refractivity contribution < 1.29 is 9.47 Å². The summed E-state index contributed by atoms with van der Waals surface area (Å²) in [5.41, 5.74) is 1.25. The molecule has 0 radical (unpaired) electrons. The highest BCUT2D eigenvalue weighted by Gasteiger charge is 2.33. The lowest BCUT2D eigenvalue weighted by molar-refractivity contribution is -0.00461. The zero-order valence-corrected chi connectivity index (χ0v) is 12.8. The molecular weight excluding hydrogens is 254 g/mol. The molecule has 1 aromatic heterocycles. The molecular formula is C15H25N3O2. The Morgan fingerprint density at radius 2 is 1.95 bits per heavy atom. The SMILES string of the molecule is COC1CN(c2cc(CNC(C)C)ccn2)CC1OC. The molecule has 0 spiro atoms. The lowest BCUT2D eigenvalue weighted by Crippen LogP contribution is -2.27. The summed E-state index contributed by atoms with van der Waals surface area (Å²) in [7, 11) is 3.47. The first-order chi connectivity index (χ1) is 9.63. The minimum absolute atomic E-state index is 0.110. The van der Waals surface area contributed by atoms with E-state index in [1.165, 1.54) is 5.56 Å². The van der Waals surface area contributed by atoms with Crippen LogP contribution in [0.2, 0.25) is 0 Å². The quantitative estimate of drug-likeness (QED) is 0.853. The number of hydrogen-bond donors (Lipinski definition) is 1. The van der Waals surface area contributed by atoms with Crippen molar-refractivity contribution in [1.29, 1.82) is 0 Å². The van der Waals surface area contributed by atoms with Crippen molar-refractivity contribution in [2.45, 2.75) is 38.6 Å². The Hall–Kier alpha value is -1.17. The summed E-state index contributed by atoms with van der Waals surface area (Å²) in [4.78, 5) is 6.70. The fourth-order valence-electron chi connectivity index (χ4n) is 2.45. The number of ether oxygens (including phenoxy) is 2. The standard InChI is InChI=1S/C15H25N3O2/c1-11(2)17-8-12-5-6-16-15(7-12)18-9-13(19-3)14(10-18)20-4/h5-7,11,13-14,17H,8-10H2,1-4H3. The maximum Gasteiger partial charge on any atom is 0.128 e. The van der Waals surface area contributed by atoms with Gasteiger partial charge in [0.25, 0.3) is 0 Å². The lowest BCUT2D eigenvalue weighted by Gasteiger charge is -2.18. The Balaban J connectivity index is 2.04. The summed E-state index contributed by atoms with van der Waals surface area (Å²) in [6.45, 7) is 6.80. The van der Waals surface area contributed by atoms with Gasteiger partial charge in [0.05, 0.1) is 0 Å². The van der Waals surface area contributed by atoms with E-state index >= 15 is 0 Å². The maximum atomic E-state index is 5.47. The van der Waals surface area contributed by atoms with Crippen molar-refractivity contribution in [3.05, 3.63) is 23.9 Å². The predicted molar refractivity (Wildman–Crippen MR) is 80.0 cm³/mol. The summed E-state index contributed by atoms with van der Waals surface area (Å²) in [5.74, 6) is 0.995. The van der Waals surface area contributed by atoms with E-state index in [9.17, 15) is 0 Å². The molecule has 1 aromatic rings. The van der Waals surface area contributed by atoms with Crippen molar-refractivity contribution in [1.82, 2.24) is 10.3 Å². The molecule has 0 amide bonds. The molecule has 0 bridgehead atoms. The van der Waals surface area contributed by atoms with Crippen LogP contribution in [-0.4, -0.2) is 50.5 Å². The molecule has 1 saturated heterocycles. The fraction of sp³-hybridized carbons (Fsp3) is 0.667. The predicted octanol–water partition coefficient (Wildman–Crippen LogP) is 1.43. The van der Waals surface area contributed by atoms with Crippen molar-refractivity contribution in [2.75, 3.05) is 32.2 Å². The molecule has 1 fully saturated rings. The molecule has 0 saturated carbocycles. The largest absolute Gasteiger partial charge is 0.377 e. The van der Waals surface area contributed by atoms with Crippen LogP contribution in [-0.2, 0) is 16.0 Å². The molecule has 5 nitrogen and oxygen atoms in total. The lowest BCUT2D eigenvalue weighted by atomic mass is 10.2. The highest BCUT2D eigenvalue weighted by Crippen LogP contribution is 2.22. The molecule has 1 aliphatic rings. The van der Waals surface area contributed by atoms with Crippen LogP contribution < -0.4 is 10.2 Å². The number of hydrogen-bond acceptors (Lipinski definition) is 5. The zero-order chi connectivity index (χ0) is 14.5. The van der Waals surface area contributed by atoms with Gasteiger partial charge in [-0.25, -0.2) is 4.98 Å². The van der Waals surface area contributed by atoms with Gasteiger partial charge in [0, 0.05) is 46.1 Å². The van der Waals surface area contributed by atoms with Crippen LogP contribution in [0.15, 0.2) is 18.3 Å². The minimum atomic E-state index is 0.110. The van der Waals surface area contributed by atoms with Gasteiger partial charge in [-0.2, -0.15) is 0 Å². The van der Waals surface area contributed by atoms with Gasteiger partial charge < -0.3 is 19.7 Å². The van der Waals surface area contributed by atoms with Gasteiger partial charge in [0.15, 0.2) is 0 Å². The number of nitrogens with one attached hydrogen (secondary N) is 1. The number of pyridine rings is 1. The van der Waals surface area contributed by atoms with Crippen LogP contribution in [0.25, 0.3) is 0 Å². The number of aromatic nitrogens is 1. The van der Waals surface area contributed by atoms with Crippen molar-refractivity contribution in [3.63, 3.8) is 0 Å². The third-order valence-electron chi connectivity index (χ3n) is 3.67. The highest BCUT2D eigenvalue weighted by atomic mass is 16.5. The fourth-order valence-corrected chi connectivity index (χ4v) is 2.45. The van der Waals surface area contributed by atoms with Crippen molar-refractivity contribution in [2.24, 2.45) is 0 Å². The monoisotopic (exact) mass is 279 g/mol. The van der Waals surface area contributed by atoms with Gasteiger partial charge in [0.2, 0.25) is 0 Å². The smallest absolute Gasteiger partial charge is 0.128 e. The van der Waals surface area contributed by atoms with Crippen molar-refractivity contribution >= 4 is 5.82 Å². The first-order valence-electron chi connectivity index (χ1n) is 7.13. The average Bonchev–Trinajstić information content (AvgIpc) is 2.88. The minimum Gasteiger partial charge on any atom is -0.377 e. The second-order valence-corrected chi connectivity index (χ2v) is 5.51. The molecule has 2 unspecified atom stereocenters. The summed E-state index contributed by atoms with van der Waals surface area (Å²) >= 11 is 0. The zero-order valence-electron chi connectivity index (χ0n) is 12.8. The maximum absolute atomic E-state index is 5.47. The third-order valence-corrected chi connectivity index (χ3v) is 3.67. The topological polar surface area (TPSA) is 46.6 Å². The van der Waals surface area contributed by atoms with Gasteiger partial charge in [0.1, 0.15) is 18.0 Å². The van der Waals surface area contributed by atoms with Crippen LogP contribution in [0.3, 0.4) is 0 Å². The average molecular weight is 279 g/mol. The van der Waals surface area contributed by atoms with E-state index in [0.29, 0.717) is 6.04 Å². The molecule has 112 valence electrons. The normalized spacial score (nSPS) is 22.8.